The van der Waals surface area contributed by atoms with Gasteiger partial charge in [0, 0.05) is 38.2 Å². The average molecular weight is 308 g/mol. The molecule has 1 fully saturated rings. The number of nitrogens with one attached hydrogen (secondary N) is 1. The summed E-state index contributed by atoms with van der Waals surface area (Å²) in [6.45, 7) is 8.85. The van der Waals surface area contributed by atoms with Crippen LogP contribution < -0.4 is 5.32 Å². The maximum absolute atomic E-state index is 12.1. The molecule has 1 aromatic rings. The molecule has 1 unspecified atom stereocenters. The van der Waals surface area contributed by atoms with Crippen molar-refractivity contribution in [2.75, 3.05) is 38.0 Å². The Balaban J connectivity index is 1.75. The lowest BCUT2D eigenvalue weighted by Crippen LogP contribution is -2.51. The van der Waals surface area contributed by atoms with Gasteiger partial charge in [-0.2, -0.15) is 0 Å². The van der Waals surface area contributed by atoms with E-state index >= 15 is 0 Å². The normalized spacial score (nSPS) is 17.3. The molecular formula is C15H24N4O3. The fourth-order valence-corrected chi connectivity index (χ4v) is 2.42. The number of carbonyl (C=O) groups is 2. The monoisotopic (exact) mass is 308 g/mol. The second-order valence-corrected chi connectivity index (χ2v) is 5.78. The second kappa shape index (κ2) is 7.40. The molecule has 0 spiro atoms. The van der Waals surface area contributed by atoms with Gasteiger partial charge in [0.25, 0.3) is 0 Å². The Morgan fingerprint density at radius 2 is 2.05 bits per heavy atom. The third kappa shape index (κ3) is 4.30. The predicted octanol–water partition coefficient (Wildman–Crippen LogP) is 1.11. The van der Waals surface area contributed by atoms with Crippen molar-refractivity contribution in [2.45, 2.75) is 27.2 Å². The number of amides is 2. The maximum Gasteiger partial charge on any atom is 0.239 e. The van der Waals surface area contributed by atoms with Crippen molar-refractivity contribution in [3.8, 4) is 0 Å². The highest BCUT2D eigenvalue weighted by molar-refractivity contribution is 5.91. The van der Waals surface area contributed by atoms with E-state index in [0.29, 0.717) is 44.3 Å². The van der Waals surface area contributed by atoms with Crippen LogP contribution in [-0.4, -0.2) is 59.5 Å². The van der Waals surface area contributed by atoms with Crippen molar-refractivity contribution in [3.05, 3.63) is 11.8 Å². The largest absolute Gasteiger partial charge is 0.360 e. The molecule has 1 saturated heterocycles. The lowest BCUT2D eigenvalue weighted by atomic mass is 10.1. The summed E-state index contributed by atoms with van der Waals surface area (Å²) >= 11 is 0. The van der Waals surface area contributed by atoms with Crippen molar-refractivity contribution in [2.24, 2.45) is 5.92 Å². The number of aromatic nitrogens is 1. The quantitative estimate of drug-likeness (QED) is 0.881. The predicted molar refractivity (Wildman–Crippen MR) is 82.3 cm³/mol. The SMILES string of the molecule is CCC(C)C(=O)N1CCN(CC(=O)Nc2cc(C)on2)CC1. The van der Waals surface area contributed by atoms with Gasteiger partial charge in [-0.3, -0.25) is 14.5 Å². The summed E-state index contributed by atoms with van der Waals surface area (Å²) in [6, 6.07) is 1.68. The zero-order valence-corrected chi connectivity index (χ0v) is 13.5. The van der Waals surface area contributed by atoms with E-state index in [1.54, 1.807) is 13.0 Å². The average Bonchev–Trinajstić information content (AvgIpc) is 2.91. The molecular weight excluding hydrogens is 284 g/mol. The molecule has 7 heteroatoms. The fourth-order valence-electron chi connectivity index (χ4n) is 2.42. The van der Waals surface area contributed by atoms with Crippen LogP contribution in [0.3, 0.4) is 0 Å². The summed E-state index contributed by atoms with van der Waals surface area (Å²) < 4.78 is 4.91. The Hall–Kier alpha value is -1.89. The van der Waals surface area contributed by atoms with Gasteiger partial charge in [0.05, 0.1) is 6.54 Å². The summed E-state index contributed by atoms with van der Waals surface area (Å²) in [5.41, 5.74) is 0. The highest BCUT2D eigenvalue weighted by Gasteiger charge is 2.24. The highest BCUT2D eigenvalue weighted by Crippen LogP contribution is 2.11. The fraction of sp³-hybridized carbons (Fsp3) is 0.667. The molecule has 0 aliphatic carbocycles. The minimum atomic E-state index is -0.116. The third-order valence-corrected chi connectivity index (χ3v) is 3.98. The van der Waals surface area contributed by atoms with Crippen molar-refractivity contribution in [3.63, 3.8) is 0 Å². The van der Waals surface area contributed by atoms with Gasteiger partial charge in [-0.25, -0.2) is 0 Å². The molecule has 0 radical (unpaired) electrons. The molecule has 1 aliphatic rings. The van der Waals surface area contributed by atoms with Crippen LogP contribution in [0.1, 0.15) is 26.0 Å². The van der Waals surface area contributed by atoms with E-state index in [1.165, 1.54) is 0 Å². The molecule has 1 aliphatic heterocycles. The Morgan fingerprint density at radius 1 is 1.36 bits per heavy atom. The van der Waals surface area contributed by atoms with Crippen LogP contribution in [0.5, 0.6) is 0 Å². The topological polar surface area (TPSA) is 78.7 Å². The first-order valence-corrected chi connectivity index (χ1v) is 7.74. The smallest absolute Gasteiger partial charge is 0.239 e. The summed E-state index contributed by atoms with van der Waals surface area (Å²) in [5.74, 6) is 1.27. The van der Waals surface area contributed by atoms with E-state index < -0.39 is 0 Å². The molecule has 122 valence electrons. The van der Waals surface area contributed by atoms with Crippen LogP contribution in [0.4, 0.5) is 5.82 Å². The Bertz CT molecular complexity index is 521. The zero-order chi connectivity index (χ0) is 16.1. The minimum absolute atomic E-state index is 0.0743. The molecule has 22 heavy (non-hydrogen) atoms. The van der Waals surface area contributed by atoms with Gasteiger partial charge in [-0.15, -0.1) is 0 Å². The van der Waals surface area contributed by atoms with Gasteiger partial charge >= 0.3 is 0 Å². The van der Waals surface area contributed by atoms with Crippen LogP contribution in [0.15, 0.2) is 10.6 Å². The van der Waals surface area contributed by atoms with Crippen molar-refractivity contribution < 1.29 is 14.1 Å². The second-order valence-electron chi connectivity index (χ2n) is 5.78. The van der Waals surface area contributed by atoms with Crippen LogP contribution >= 0.6 is 0 Å². The van der Waals surface area contributed by atoms with E-state index in [-0.39, 0.29) is 17.7 Å². The molecule has 2 amide bonds. The van der Waals surface area contributed by atoms with Crippen LogP contribution in [-0.2, 0) is 9.59 Å². The lowest BCUT2D eigenvalue weighted by Gasteiger charge is -2.35. The van der Waals surface area contributed by atoms with Gasteiger partial charge in [-0.1, -0.05) is 19.0 Å². The first-order chi connectivity index (χ1) is 10.5. The Labute approximate surface area is 130 Å². The first-order valence-electron chi connectivity index (χ1n) is 7.74. The van der Waals surface area contributed by atoms with E-state index in [2.05, 4.69) is 10.5 Å². The van der Waals surface area contributed by atoms with Crippen LogP contribution in [0.25, 0.3) is 0 Å². The summed E-state index contributed by atoms with van der Waals surface area (Å²) in [5, 5.41) is 6.44. The van der Waals surface area contributed by atoms with Gasteiger partial charge < -0.3 is 14.7 Å². The summed E-state index contributed by atoms with van der Waals surface area (Å²) in [7, 11) is 0. The van der Waals surface area contributed by atoms with Crippen molar-refractivity contribution >= 4 is 17.6 Å². The number of piperazine rings is 1. The summed E-state index contributed by atoms with van der Waals surface area (Å²) in [6.07, 6.45) is 0.860. The number of nitrogens with zero attached hydrogens (tertiary/aromatic N) is 3. The van der Waals surface area contributed by atoms with Gasteiger partial charge in [0.2, 0.25) is 11.8 Å². The van der Waals surface area contributed by atoms with Crippen LogP contribution in [0, 0.1) is 12.8 Å². The van der Waals surface area contributed by atoms with Gasteiger partial charge in [-0.05, 0) is 13.3 Å². The number of aryl methyl sites for hydroxylation is 1. The highest BCUT2D eigenvalue weighted by atomic mass is 16.5. The molecule has 0 saturated carbocycles. The number of hydrogen-bond acceptors (Lipinski definition) is 5. The minimum Gasteiger partial charge on any atom is -0.360 e. The standard InChI is InChI=1S/C15H24N4O3/c1-4-11(2)15(21)19-7-5-18(6-8-19)10-14(20)16-13-9-12(3)22-17-13/h9,11H,4-8,10H2,1-3H3,(H,16,17,20). The van der Waals surface area contributed by atoms with Gasteiger partial charge in [0.1, 0.15) is 5.76 Å². The van der Waals surface area contributed by atoms with Crippen LogP contribution in [0.2, 0.25) is 0 Å². The molecule has 1 aromatic heterocycles. The van der Waals surface area contributed by atoms with Gasteiger partial charge in [0.15, 0.2) is 5.82 Å². The molecule has 0 aromatic carbocycles. The maximum atomic E-state index is 12.1. The Morgan fingerprint density at radius 3 is 2.59 bits per heavy atom. The molecule has 2 heterocycles. The number of rotatable bonds is 5. The summed E-state index contributed by atoms with van der Waals surface area (Å²) in [4.78, 5) is 28.0. The van der Waals surface area contributed by atoms with E-state index in [1.807, 2.05) is 23.6 Å². The van der Waals surface area contributed by atoms with Crippen molar-refractivity contribution in [1.82, 2.24) is 15.0 Å². The van der Waals surface area contributed by atoms with E-state index in [9.17, 15) is 9.59 Å². The first kappa shape index (κ1) is 16.5. The lowest BCUT2D eigenvalue weighted by molar-refractivity contribution is -0.137. The van der Waals surface area contributed by atoms with E-state index in [0.717, 1.165) is 6.42 Å². The number of hydrogen-bond donors (Lipinski definition) is 1. The third-order valence-electron chi connectivity index (χ3n) is 3.98. The number of carbonyl (C=O) groups excluding carboxylic acids is 2. The van der Waals surface area contributed by atoms with E-state index in [4.69, 9.17) is 4.52 Å². The molecule has 1 N–H and O–H groups in total. The molecule has 7 nitrogen and oxygen atoms in total. The molecule has 2 rings (SSSR count). The molecule has 0 bridgehead atoms. The van der Waals surface area contributed by atoms with Crippen molar-refractivity contribution in [1.29, 1.82) is 0 Å². The molecule has 1 atom stereocenters. The number of anilines is 1. The Kier molecular flexibility index (Phi) is 5.54. The zero-order valence-electron chi connectivity index (χ0n) is 13.5.